The number of aromatic nitrogens is 2. The normalized spacial score (nSPS) is 10.4. The molecule has 0 fully saturated rings. The van der Waals surface area contributed by atoms with Gasteiger partial charge in [0.1, 0.15) is 5.75 Å². The molecule has 1 heterocycles. The minimum Gasteiger partial charge on any atom is -0.496 e. The monoisotopic (exact) mass is 262 g/mol. The molecular formula is C13H14N2O4. The van der Waals surface area contributed by atoms with Crippen molar-refractivity contribution in [1.82, 2.24) is 10.2 Å². The number of nitrogens with zero attached hydrogens (tertiary/aromatic N) is 2. The van der Waals surface area contributed by atoms with Crippen molar-refractivity contribution in [1.29, 1.82) is 0 Å². The van der Waals surface area contributed by atoms with Crippen LogP contribution in [0.15, 0.2) is 22.6 Å². The summed E-state index contributed by atoms with van der Waals surface area (Å²) in [6.07, 6.45) is 0.184. The van der Waals surface area contributed by atoms with Crippen LogP contribution in [0.5, 0.6) is 5.75 Å². The van der Waals surface area contributed by atoms with E-state index in [1.54, 1.807) is 7.11 Å². The Morgan fingerprint density at radius 1 is 1.42 bits per heavy atom. The predicted molar refractivity (Wildman–Crippen MR) is 67.0 cm³/mol. The smallest absolute Gasteiger partial charge is 0.303 e. The van der Waals surface area contributed by atoms with Gasteiger partial charge in [0.15, 0.2) is 0 Å². The van der Waals surface area contributed by atoms with Gasteiger partial charge in [-0.2, -0.15) is 0 Å². The maximum absolute atomic E-state index is 10.5. The summed E-state index contributed by atoms with van der Waals surface area (Å²) in [5.41, 5.74) is 1.76. The molecule has 1 N–H and O–H groups in total. The van der Waals surface area contributed by atoms with Crippen molar-refractivity contribution in [2.45, 2.75) is 19.8 Å². The van der Waals surface area contributed by atoms with Gasteiger partial charge >= 0.3 is 5.97 Å². The molecule has 0 aliphatic heterocycles. The Bertz CT molecular complexity index is 592. The Labute approximate surface area is 110 Å². The van der Waals surface area contributed by atoms with Gasteiger partial charge in [0.05, 0.1) is 19.1 Å². The average molecular weight is 262 g/mol. The van der Waals surface area contributed by atoms with Gasteiger partial charge in [-0.05, 0) is 24.6 Å². The van der Waals surface area contributed by atoms with Crippen LogP contribution in [0.1, 0.15) is 17.9 Å². The molecule has 1 aromatic carbocycles. The first kappa shape index (κ1) is 13.1. The summed E-state index contributed by atoms with van der Waals surface area (Å²) in [6.45, 7) is 1.96. The quantitative estimate of drug-likeness (QED) is 0.887. The highest BCUT2D eigenvalue weighted by atomic mass is 16.5. The Kier molecular flexibility index (Phi) is 3.79. The summed E-state index contributed by atoms with van der Waals surface area (Å²) in [4.78, 5) is 10.5. The molecule has 0 amide bonds. The highest BCUT2D eigenvalue weighted by Gasteiger charge is 2.14. The molecule has 100 valence electrons. The Hall–Kier alpha value is -2.37. The number of carboxylic acid groups (broad SMARTS) is 1. The number of rotatable bonds is 5. The standard InChI is InChI=1S/C13H14N2O4/c1-8-3-4-9(10(7-8)18-2)13-15-14-11(19-13)5-6-12(16)17/h3-4,7H,5-6H2,1-2H3,(H,16,17). The summed E-state index contributed by atoms with van der Waals surface area (Å²) < 4.78 is 10.7. The predicted octanol–water partition coefficient (Wildman–Crippen LogP) is 2.07. The third-order valence-electron chi connectivity index (χ3n) is 2.61. The fraction of sp³-hybridized carbons (Fsp3) is 0.308. The molecule has 2 rings (SSSR count). The lowest BCUT2D eigenvalue weighted by atomic mass is 10.1. The van der Waals surface area contributed by atoms with Gasteiger partial charge in [-0.15, -0.1) is 10.2 Å². The number of carbonyl (C=O) groups is 1. The van der Waals surface area contributed by atoms with Gasteiger partial charge in [0.25, 0.3) is 5.89 Å². The molecular weight excluding hydrogens is 248 g/mol. The maximum atomic E-state index is 10.5. The van der Waals surface area contributed by atoms with Crippen LogP contribution in [0.25, 0.3) is 11.5 Å². The van der Waals surface area contributed by atoms with Crippen LogP contribution in [0.3, 0.4) is 0 Å². The van der Waals surface area contributed by atoms with Crippen molar-refractivity contribution in [2.75, 3.05) is 7.11 Å². The number of aryl methyl sites for hydroxylation is 2. The molecule has 1 aromatic heterocycles. The summed E-state index contributed by atoms with van der Waals surface area (Å²) in [7, 11) is 1.57. The third kappa shape index (κ3) is 3.09. The fourth-order valence-electron chi connectivity index (χ4n) is 1.65. The second-order valence-corrected chi connectivity index (χ2v) is 4.10. The zero-order chi connectivity index (χ0) is 13.8. The van der Waals surface area contributed by atoms with Crippen LogP contribution >= 0.6 is 0 Å². The Balaban J connectivity index is 2.25. The SMILES string of the molecule is COc1cc(C)ccc1-c1nnc(CCC(=O)O)o1. The number of methoxy groups -OCH3 is 1. The van der Waals surface area contributed by atoms with E-state index in [-0.39, 0.29) is 12.8 Å². The number of benzene rings is 1. The molecule has 0 bridgehead atoms. The summed E-state index contributed by atoms with van der Waals surface area (Å²) in [6, 6.07) is 5.62. The maximum Gasteiger partial charge on any atom is 0.303 e. The molecule has 0 atom stereocenters. The van der Waals surface area contributed by atoms with Crippen molar-refractivity contribution < 1.29 is 19.1 Å². The minimum absolute atomic E-state index is 0.0351. The van der Waals surface area contributed by atoms with E-state index < -0.39 is 5.97 Å². The van der Waals surface area contributed by atoms with E-state index in [0.29, 0.717) is 23.1 Å². The van der Waals surface area contributed by atoms with Gasteiger partial charge in [0.2, 0.25) is 5.89 Å². The molecule has 0 spiro atoms. The number of carboxylic acids is 1. The first-order valence-corrected chi connectivity index (χ1v) is 5.79. The van der Waals surface area contributed by atoms with Crippen molar-refractivity contribution in [3.63, 3.8) is 0 Å². The minimum atomic E-state index is -0.896. The van der Waals surface area contributed by atoms with Crippen LogP contribution < -0.4 is 4.74 Å². The lowest BCUT2D eigenvalue weighted by molar-refractivity contribution is -0.137. The van der Waals surface area contributed by atoms with Gasteiger partial charge in [-0.25, -0.2) is 0 Å². The lowest BCUT2D eigenvalue weighted by Gasteiger charge is -2.05. The topological polar surface area (TPSA) is 85.5 Å². The van der Waals surface area contributed by atoms with E-state index in [1.165, 1.54) is 0 Å². The van der Waals surface area contributed by atoms with Crippen molar-refractivity contribution in [2.24, 2.45) is 0 Å². The highest BCUT2D eigenvalue weighted by Crippen LogP contribution is 2.29. The van der Waals surface area contributed by atoms with Crippen LogP contribution in [0, 0.1) is 6.92 Å². The van der Waals surface area contributed by atoms with Crippen LogP contribution in [0.2, 0.25) is 0 Å². The first-order chi connectivity index (χ1) is 9.10. The van der Waals surface area contributed by atoms with Gasteiger partial charge in [-0.3, -0.25) is 4.79 Å². The number of hydrogen-bond donors (Lipinski definition) is 1. The molecule has 0 radical (unpaired) electrons. The molecule has 6 nitrogen and oxygen atoms in total. The fourth-order valence-corrected chi connectivity index (χ4v) is 1.65. The number of hydrogen-bond acceptors (Lipinski definition) is 5. The molecule has 0 aliphatic rings. The van der Waals surface area contributed by atoms with Crippen LogP contribution in [-0.4, -0.2) is 28.4 Å². The summed E-state index contributed by atoms with van der Waals surface area (Å²) in [5, 5.41) is 16.3. The second-order valence-electron chi connectivity index (χ2n) is 4.10. The molecule has 0 saturated heterocycles. The Morgan fingerprint density at radius 2 is 2.21 bits per heavy atom. The molecule has 6 heteroatoms. The van der Waals surface area contributed by atoms with E-state index in [2.05, 4.69) is 10.2 Å². The molecule has 0 aliphatic carbocycles. The van der Waals surface area contributed by atoms with Gasteiger partial charge in [-0.1, -0.05) is 6.07 Å². The van der Waals surface area contributed by atoms with Crippen molar-refractivity contribution in [3.8, 4) is 17.2 Å². The second kappa shape index (κ2) is 5.51. The van der Waals surface area contributed by atoms with Crippen molar-refractivity contribution in [3.05, 3.63) is 29.7 Å². The zero-order valence-corrected chi connectivity index (χ0v) is 10.7. The largest absolute Gasteiger partial charge is 0.496 e. The molecule has 0 unspecified atom stereocenters. The summed E-state index contributed by atoms with van der Waals surface area (Å²) in [5.74, 6) is 0.387. The van der Waals surface area contributed by atoms with Crippen LogP contribution in [0.4, 0.5) is 0 Å². The number of aliphatic carboxylic acids is 1. The first-order valence-electron chi connectivity index (χ1n) is 5.79. The van der Waals surface area contributed by atoms with Crippen LogP contribution in [-0.2, 0) is 11.2 Å². The average Bonchev–Trinajstić information content (AvgIpc) is 2.84. The van der Waals surface area contributed by atoms with E-state index in [9.17, 15) is 4.79 Å². The highest BCUT2D eigenvalue weighted by molar-refractivity contribution is 5.67. The van der Waals surface area contributed by atoms with Gasteiger partial charge < -0.3 is 14.3 Å². The Morgan fingerprint density at radius 3 is 2.89 bits per heavy atom. The zero-order valence-electron chi connectivity index (χ0n) is 10.7. The van der Waals surface area contributed by atoms with Crippen molar-refractivity contribution >= 4 is 5.97 Å². The third-order valence-corrected chi connectivity index (χ3v) is 2.61. The molecule has 19 heavy (non-hydrogen) atoms. The summed E-state index contributed by atoms with van der Waals surface area (Å²) >= 11 is 0. The van der Waals surface area contributed by atoms with E-state index in [0.717, 1.165) is 5.56 Å². The molecule has 0 saturated carbocycles. The van der Waals surface area contributed by atoms with Gasteiger partial charge in [0, 0.05) is 6.42 Å². The lowest BCUT2D eigenvalue weighted by Crippen LogP contribution is -1.97. The molecule has 2 aromatic rings. The van der Waals surface area contributed by atoms with E-state index in [4.69, 9.17) is 14.3 Å². The van der Waals surface area contributed by atoms with E-state index >= 15 is 0 Å². The van der Waals surface area contributed by atoms with E-state index in [1.807, 2.05) is 25.1 Å². The number of ether oxygens (including phenoxy) is 1.